The molecule has 0 aliphatic carbocycles. The van der Waals surface area contributed by atoms with Crippen molar-refractivity contribution in [2.75, 3.05) is 0 Å². The molecule has 19 heavy (non-hydrogen) atoms. The van der Waals surface area contributed by atoms with E-state index >= 15 is 0 Å². The molecule has 0 radical (unpaired) electrons. The van der Waals surface area contributed by atoms with Gasteiger partial charge in [0.1, 0.15) is 5.82 Å². The SMILES string of the molecule is N#Cc1cccc(-c2ncc(-c3ccccc3)[nH]2)c1. The van der Waals surface area contributed by atoms with Crippen LogP contribution in [0.5, 0.6) is 0 Å². The fourth-order valence-corrected chi connectivity index (χ4v) is 1.97. The number of hydrogen-bond acceptors (Lipinski definition) is 2. The van der Waals surface area contributed by atoms with Crippen molar-refractivity contribution >= 4 is 0 Å². The molecule has 0 atom stereocenters. The van der Waals surface area contributed by atoms with E-state index in [1.165, 1.54) is 0 Å². The minimum absolute atomic E-state index is 0.634. The molecule has 0 saturated carbocycles. The first-order chi connectivity index (χ1) is 9.36. The summed E-state index contributed by atoms with van der Waals surface area (Å²) in [6.45, 7) is 0. The molecule has 0 aliphatic heterocycles. The second-order valence-corrected chi connectivity index (χ2v) is 4.20. The molecule has 3 heteroatoms. The molecule has 0 bridgehead atoms. The average molecular weight is 245 g/mol. The van der Waals surface area contributed by atoms with Crippen molar-refractivity contribution < 1.29 is 0 Å². The Morgan fingerprint density at radius 2 is 1.74 bits per heavy atom. The van der Waals surface area contributed by atoms with Gasteiger partial charge < -0.3 is 4.98 Å². The lowest BCUT2D eigenvalue weighted by Gasteiger charge is -1.98. The molecule has 0 spiro atoms. The molecular weight excluding hydrogens is 234 g/mol. The molecule has 90 valence electrons. The van der Waals surface area contributed by atoms with Crippen LogP contribution in [-0.2, 0) is 0 Å². The third-order valence-electron chi connectivity index (χ3n) is 2.93. The van der Waals surface area contributed by atoms with Crippen molar-refractivity contribution in [2.45, 2.75) is 0 Å². The number of aromatic amines is 1. The van der Waals surface area contributed by atoms with Crippen molar-refractivity contribution in [3.8, 4) is 28.7 Å². The molecule has 3 nitrogen and oxygen atoms in total. The van der Waals surface area contributed by atoms with Gasteiger partial charge in [0.15, 0.2) is 0 Å². The summed E-state index contributed by atoms with van der Waals surface area (Å²) in [6, 6.07) is 19.6. The van der Waals surface area contributed by atoms with Crippen LogP contribution in [0.4, 0.5) is 0 Å². The second kappa shape index (κ2) is 4.79. The summed E-state index contributed by atoms with van der Waals surface area (Å²) in [5.74, 6) is 0.774. The van der Waals surface area contributed by atoms with Crippen LogP contribution in [0.1, 0.15) is 5.56 Å². The number of benzene rings is 2. The molecule has 1 aromatic heterocycles. The molecule has 3 rings (SSSR count). The van der Waals surface area contributed by atoms with Crippen molar-refractivity contribution in [3.63, 3.8) is 0 Å². The molecule has 0 unspecified atom stereocenters. The lowest BCUT2D eigenvalue weighted by atomic mass is 10.1. The molecular formula is C16H11N3. The highest BCUT2D eigenvalue weighted by Crippen LogP contribution is 2.22. The maximum Gasteiger partial charge on any atom is 0.137 e. The van der Waals surface area contributed by atoms with E-state index in [2.05, 4.69) is 16.0 Å². The van der Waals surface area contributed by atoms with Gasteiger partial charge in [-0.2, -0.15) is 5.26 Å². The van der Waals surface area contributed by atoms with Gasteiger partial charge in [0.25, 0.3) is 0 Å². The van der Waals surface area contributed by atoms with Crippen LogP contribution in [0, 0.1) is 11.3 Å². The fourth-order valence-electron chi connectivity index (χ4n) is 1.97. The molecule has 0 fully saturated rings. The van der Waals surface area contributed by atoms with Gasteiger partial charge in [-0.3, -0.25) is 0 Å². The van der Waals surface area contributed by atoms with E-state index in [0.29, 0.717) is 5.56 Å². The molecule has 0 aliphatic rings. The van der Waals surface area contributed by atoms with E-state index in [-0.39, 0.29) is 0 Å². The fraction of sp³-hybridized carbons (Fsp3) is 0. The van der Waals surface area contributed by atoms with Crippen molar-refractivity contribution in [1.29, 1.82) is 5.26 Å². The van der Waals surface area contributed by atoms with E-state index < -0.39 is 0 Å². The van der Waals surface area contributed by atoms with Gasteiger partial charge in [-0.15, -0.1) is 0 Å². The van der Waals surface area contributed by atoms with Crippen molar-refractivity contribution in [1.82, 2.24) is 9.97 Å². The summed E-state index contributed by atoms with van der Waals surface area (Å²) < 4.78 is 0. The minimum Gasteiger partial charge on any atom is -0.338 e. The number of rotatable bonds is 2. The normalized spacial score (nSPS) is 10.1. The Balaban J connectivity index is 2.00. The van der Waals surface area contributed by atoms with E-state index in [0.717, 1.165) is 22.6 Å². The van der Waals surface area contributed by atoms with Gasteiger partial charge in [0.2, 0.25) is 0 Å². The van der Waals surface area contributed by atoms with E-state index in [1.54, 1.807) is 6.07 Å². The quantitative estimate of drug-likeness (QED) is 0.749. The van der Waals surface area contributed by atoms with Gasteiger partial charge in [-0.25, -0.2) is 4.98 Å². The van der Waals surface area contributed by atoms with E-state index in [1.807, 2.05) is 54.7 Å². The highest BCUT2D eigenvalue weighted by Gasteiger charge is 2.05. The highest BCUT2D eigenvalue weighted by molar-refractivity contribution is 5.65. The molecule has 1 N–H and O–H groups in total. The Morgan fingerprint density at radius 3 is 2.53 bits per heavy atom. The molecule has 3 aromatic rings. The number of imidazole rings is 1. The lowest BCUT2D eigenvalue weighted by molar-refractivity contribution is 1.31. The number of H-pyrrole nitrogens is 1. The van der Waals surface area contributed by atoms with Gasteiger partial charge in [-0.05, 0) is 17.7 Å². The predicted molar refractivity (Wildman–Crippen MR) is 74.2 cm³/mol. The first-order valence-corrected chi connectivity index (χ1v) is 5.98. The van der Waals surface area contributed by atoms with Crippen molar-refractivity contribution in [3.05, 3.63) is 66.4 Å². The largest absolute Gasteiger partial charge is 0.338 e. The zero-order valence-electron chi connectivity index (χ0n) is 10.2. The number of aromatic nitrogens is 2. The molecule has 0 saturated heterocycles. The predicted octanol–water partition coefficient (Wildman–Crippen LogP) is 3.62. The smallest absolute Gasteiger partial charge is 0.137 e. The van der Waals surface area contributed by atoms with Crippen LogP contribution in [0.25, 0.3) is 22.6 Å². The maximum absolute atomic E-state index is 8.91. The molecule has 2 aromatic carbocycles. The number of nitriles is 1. The lowest BCUT2D eigenvalue weighted by Crippen LogP contribution is -1.82. The number of nitrogens with one attached hydrogen (secondary N) is 1. The van der Waals surface area contributed by atoms with Gasteiger partial charge >= 0.3 is 0 Å². The summed E-state index contributed by atoms with van der Waals surface area (Å²) in [4.78, 5) is 7.65. The van der Waals surface area contributed by atoms with Crippen LogP contribution in [-0.4, -0.2) is 9.97 Å². The minimum atomic E-state index is 0.634. The second-order valence-electron chi connectivity index (χ2n) is 4.20. The first kappa shape index (κ1) is 11.2. The number of nitrogens with zero attached hydrogens (tertiary/aromatic N) is 2. The summed E-state index contributed by atoms with van der Waals surface area (Å²) in [7, 11) is 0. The van der Waals surface area contributed by atoms with E-state index in [9.17, 15) is 0 Å². The van der Waals surface area contributed by atoms with Crippen LogP contribution in [0.15, 0.2) is 60.8 Å². The zero-order chi connectivity index (χ0) is 13.1. The third-order valence-corrected chi connectivity index (χ3v) is 2.93. The van der Waals surface area contributed by atoms with Gasteiger partial charge in [0.05, 0.1) is 23.5 Å². The van der Waals surface area contributed by atoms with Crippen LogP contribution >= 0.6 is 0 Å². The summed E-state index contributed by atoms with van der Waals surface area (Å²) in [5, 5.41) is 8.91. The summed E-state index contributed by atoms with van der Waals surface area (Å²) in [6.07, 6.45) is 1.81. The van der Waals surface area contributed by atoms with Gasteiger partial charge in [-0.1, -0.05) is 42.5 Å². The third kappa shape index (κ3) is 2.24. The van der Waals surface area contributed by atoms with Gasteiger partial charge in [0, 0.05) is 5.56 Å². The topological polar surface area (TPSA) is 52.5 Å². The Morgan fingerprint density at radius 1 is 0.947 bits per heavy atom. The standard InChI is InChI=1S/C16H11N3/c17-10-12-5-4-8-14(9-12)16-18-11-15(19-16)13-6-2-1-3-7-13/h1-9,11H,(H,18,19). The Kier molecular flexibility index (Phi) is 2.83. The zero-order valence-corrected chi connectivity index (χ0v) is 10.2. The maximum atomic E-state index is 8.91. The first-order valence-electron chi connectivity index (χ1n) is 5.98. The molecule has 0 amide bonds. The van der Waals surface area contributed by atoms with Crippen LogP contribution < -0.4 is 0 Å². The number of hydrogen-bond donors (Lipinski definition) is 1. The van der Waals surface area contributed by atoms with Crippen molar-refractivity contribution in [2.24, 2.45) is 0 Å². The highest BCUT2D eigenvalue weighted by atomic mass is 14.9. The monoisotopic (exact) mass is 245 g/mol. The van der Waals surface area contributed by atoms with Crippen LogP contribution in [0.2, 0.25) is 0 Å². The van der Waals surface area contributed by atoms with E-state index in [4.69, 9.17) is 5.26 Å². The Bertz CT molecular complexity index is 736. The Hall–Kier alpha value is -2.86. The Labute approximate surface area is 111 Å². The van der Waals surface area contributed by atoms with Crippen LogP contribution in [0.3, 0.4) is 0 Å². The average Bonchev–Trinajstić information content (AvgIpc) is 2.98. The summed E-state index contributed by atoms with van der Waals surface area (Å²) >= 11 is 0. The summed E-state index contributed by atoms with van der Waals surface area (Å²) in [5.41, 5.74) is 3.62. The molecule has 1 heterocycles.